The van der Waals surface area contributed by atoms with Crippen LogP contribution in [0.5, 0.6) is 0 Å². The molecule has 1 atom stereocenters. The molecule has 0 aliphatic rings. The molecular formula is C18H17F3N2O2. The zero-order valence-electron chi connectivity index (χ0n) is 13.7. The van der Waals surface area contributed by atoms with Crippen LogP contribution in [-0.2, 0) is 9.59 Å². The number of carbonyl (C=O) groups excluding carboxylic acids is 2. The Bertz CT molecular complexity index is 781. The Labute approximate surface area is 143 Å². The molecule has 0 fully saturated rings. The van der Waals surface area contributed by atoms with E-state index in [1.165, 1.54) is 0 Å². The summed E-state index contributed by atoms with van der Waals surface area (Å²) in [6.07, 6.45) is 0. The fraction of sp³-hybridized carbons (Fsp3) is 0.222. The number of hydrogen-bond donors (Lipinski definition) is 1. The molecule has 132 valence electrons. The van der Waals surface area contributed by atoms with E-state index in [-0.39, 0.29) is 6.04 Å². The molecule has 0 aromatic heterocycles. The van der Waals surface area contributed by atoms with Crippen LogP contribution in [0.3, 0.4) is 0 Å². The van der Waals surface area contributed by atoms with Gasteiger partial charge in [0.25, 0.3) is 0 Å². The predicted molar refractivity (Wildman–Crippen MR) is 87.3 cm³/mol. The molecule has 0 saturated heterocycles. The number of anilines is 1. The lowest BCUT2D eigenvalue weighted by Gasteiger charge is -2.23. The van der Waals surface area contributed by atoms with Gasteiger partial charge in [-0.25, -0.2) is 13.2 Å². The summed E-state index contributed by atoms with van der Waals surface area (Å²) in [7, 11) is 0. The van der Waals surface area contributed by atoms with Gasteiger partial charge in [-0.3, -0.25) is 9.59 Å². The normalized spacial score (nSPS) is 11.7. The highest BCUT2D eigenvalue weighted by molar-refractivity contribution is 5.97. The zero-order valence-corrected chi connectivity index (χ0v) is 13.7. The van der Waals surface area contributed by atoms with E-state index >= 15 is 0 Å². The second-order valence-corrected chi connectivity index (χ2v) is 5.50. The first kappa shape index (κ1) is 18.5. The largest absolute Gasteiger partial charge is 0.348 e. The minimum Gasteiger partial charge on any atom is -0.348 e. The molecule has 0 radical (unpaired) electrons. The van der Waals surface area contributed by atoms with Gasteiger partial charge >= 0.3 is 0 Å². The van der Waals surface area contributed by atoms with Crippen molar-refractivity contribution in [2.75, 3.05) is 11.4 Å². The average Bonchev–Trinajstić information content (AvgIpc) is 2.59. The molecule has 0 bridgehead atoms. The first-order valence-electron chi connectivity index (χ1n) is 7.57. The van der Waals surface area contributed by atoms with E-state index in [1.807, 2.05) is 30.3 Å². The molecule has 7 heteroatoms. The first-order chi connectivity index (χ1) is 11.8. The number of hydrogen-bond acceptors (Lipinski definition) is 2. The Kier molecular flexibility index (Phi) is 5.80. The lowest BCUT2D eigenvalue weighted by Crippen LogP contribution is -2.41. The molecule has 2 aromatic rings. The van der Waals surface area contributed by atoms with Crippen LogP contribution >= 0.6 is 0 Å². The van der Waals surface area contributed by atoms with Gasteiger partial charge in [0.2, 0.25) is 11.8 Å². The Morgan fingerprint density at radius 2 is 1.68 bits per heavy atom. The molecule has 2 amide bonds. The molecule has 1 unspecified atom stereocenters. The topological polar surface area (TPSA) is 49.4 Å². The third-order valence-electron chi connectivity index (χ3n) is 3.66. The molecule has 2 rings (SSSR count). The fourth-order valence-corrected chi connectivity index (χ4v) is 2.35. The van der Waals surface area contributed by atoms with Gasteiger partial charge < -0.3 is 10.2 Å². The Balaban J connectivity index is 2.16. The number of halogens is 3. The van der Waals surface area contributed by atoms with Gasteiger partial charge in [-0.2, -0.15) is 0 Å². The van der Waals surface area contributed by atoms with Crippen molar-refractivity contribution in [2.45, 2.75) is 19.9 Å². The lowest BCUT2D eigenvalue weighted by molar-refractivity contribution is -0.123. The molecule has 0 aliphatic heterocycles. The quantitative estimate of drug-likeness (QED) is 0.841. The second-order valence-electron chi connectivity index (χ2n) is 5.50. The molecule has 1 N–H and O–H groups in total. The third-order valence-corrected chi connectivity index (χ3v) is 3.66. The summed E-state index contributed by atoms with van der Waals surface area (Å²) in [5.41, 5.74) is 0.359. The van der Waals surface area contributed by atoms with Crippen LogP contribution in [0.15, 0.2) is 42.5 Å². The van der Waals surface area contributed by atoms with Crippen molar-refractivity contribution in [1.82, 2.24) is 5.32 Å². The maximum atomic E-state index is 13.9. The van der Waals surface area contributed by atoms with Crippen molar-refractivity contribution in [1.29, 1.82) is 0 Å². The number of amides is 2. The molecule has 25 heavy (non-hydrogen) atoms. The summed E-state index contributed by atoms with van der Waals surface area (Å²) in [5.74, 6) is -5.81. The molecule has 0 spiro atoms. The summed E-state index contributed by atoms with van der Waals surface area (Å²) in [6.45, 7) is 2.34. The molecular weight excluding hydrogens is 333 g/mol. The van der Waals surface area contributed by atoms with Crippen LogP contribution in [0.4, 0.5) is 18.9 Å². The van der Waals surface area contributed by atoms with E-state index in [1.54, 1.807) is 6.92 Å². The van der Waals surface area contributed by atoms with Crippen LogP contribution in [-0.4, -0.2) is 18.4 Å². The molecule has 0 aliphatic carbocycles. The van der Waals surface area contributed by atoms with Gasteiger partial charge in [0, 0.05) is 6.92 Å². The summed E-state index contributed by atoms with van der Waals surface area (Å²) < 4.78 is 40.4. The van der Waals surface area contributed by atoms with Crippen molar-refractivity contribution in [2.24, 2.45) is 0 Å². The zero-order chi connectivity index (χ0) is 18.6. The first-order valence-corrected chi connectivity index (χ1v) is 7.57. The molecule has 4 nitrogen and oxygen atoms in total. The van der Waals surface area contributed by atoms with E-state index in [4.69, 9.17) is 0 Å². The van der Waals surface area contributed by atoms with Crippen molar-refractivity contribution in [3.63, 3.8) is 0 Å². The highest BCUT2D eigenvalue weighted by Gasteiger charge is 2.23. The molecule has 2 aromatic carbocycles. The average molecular weight is 350 g/mol. The van der Waals surface area contributed by atoms with Gasteiger partial charge in [0.05, 0.1) is 11.7 Å². The van der Waals surface area contributed by atoms with E-state index in [0.717, 1.165) is 23.5 Å². The van der Waals surface area contributed by atoms with E-state index in [9.17, 15) is 22.8 Å². The highest BCUT2D eigenvalue weighted by atomic mass is 19.2. The number of rotatable bonds is 5. The van der Waals surface area contributed by atoms with Crippen LogP contribution < -0.4 is 10.2 Å². The number of carbonyl (C=O) groups is 2. The lowest BCUT2D eigenvalue weighted by atomic mass is 10.1. The van der Waals surface area contributed by atoms with Crippen molar-refractivity contribution < 1.29 is 22.8 Å². The molecule has 0 saturated carbocycles. The van der Waals surface area contributed by atoms with Gasteiger partial charge in [-0.15, -0.1) is 0 Å². The van der Waals surface area contributed by atoms with Gasteiger partial charge in [0.1, 0.15) is 6.54 Å². The number of nitrogens with one attached hydrogen (secondary N) is 1. The van der Waals surface area contributed by atoms with Crippen molar-refractivity contribution in [3.8, 4) is 0 Å². The number of benzene rings is 2. The van der Waals surface area contributed by atoms with Crippen molar-refractivity contribution in [3.05, 3.63) is 65.5 Å². The minimum atomic E-state index is -1.69. The van der Waals surface area contributed by atoms with E-state index < -0.39 is 41.5 Å². The Morgan fingerprint density at radius 1 is 1.04 bits per heavy atom. The summed E-state index contributed by atoms with van der Waals surface area (Å²) in [6, 6.07) is 10.4. The predicted octanol–water partition coefficient (Wildman–Crippen LogP) is 3.33. The third kappa shape index (κ3) is 4.37. The monoisotopic (exact) mass is 350 g/mol. The Morgan fingerprint density at radius 3 is 2.28 bits per heavy atom. The van der Waals surface area contributed by atoms with E-state index in [0.29, 0.717) is 6.07 Å². The van der Waals surface area contributed by atoms with Crippen LogP contribution in [0, 0.1) is 17.5 Å². The van der Waals surface area contributed by atoms with Gasteiger partial charge in [0.15, 0.2) is 17.5 Å². The minimum absolute atomic E-state index is 0.336. The maximum absolute atomic E-state index is 13.9. The molecule has 0 heterocycles. The fourth-order valence-electron chi connectivity index (χ4n) is 2.35. The highest BCUT2D eigenvalue weighted by Crippen LogP contribution is 2.24. The maximum Gasteiger partial charge on any atom is 0.240 e. The standard InChI is InChI=1S/C18H17F3N2O2/c1-11(13-6-4-3-5-7-13)22-16(25)10-23(12(2)24)15-9-8-14(19)17(20)18(15)21/h3-9,11H,10H2,1-2H3,(H,22,25). The summed E-state index contributed by atoms with van der Waals surface area (Å²) in [4.78, 5) is 24.7. The van der Waals surface area contributed by atoms with Crippen LogP contribution in [0.1, 0.15) is 25.5 Å². The smallest absolute Gasteiger partial charge is 0.240 e. The van der Waals surface area contributed by atoms with Crippen LogP contribution in [0.25, 0.3) is 0 Å². The summed E-state index contributed by atoms with van der Waals surface area (Å²) >= 11 is 0. The number of nitrogens with zero attached hydrogens (tertiary/aromatic N) is 1. The van der Waals surface area contributed by atoms with Crippen molar-refractivity contribution >= 4 is 17.5 Å². The van der Waals surface area contributed by atoms with Crippen LogP contribution in [0.2, 0.25) is 0 Å². The SMILES string of the molecule is CC(=O)N(CC(=O)NC(C)c1ccccc1)c1ccc(F)c(F)c1F. The second kappa shape index (κ2) is 7.83. The van der Waals surface area contributed by atoms with Gasteiger partial charge in [-0.05, 0) is 24.6 Å². The van der Waals surface area contributed by atoms with Gasteiger partial charge in [-0.1, -0.05) is 30.3 Å². The van der Waals surface area contributed by atoms with E-state index in [2.05, 4.69) is 5.32 Å². The Hall–Kier alpha value is -2.83. The summed E-state index contributed by atoms with van der Waals surface area (Å²) in [5, 5.41) is 2.67.